The highest BCUT2D eigenvalue weighted by atomic mass is 16.2. The zero-order valence-corrected chi connectivity index (χ0v) is 20.6. The monoisotopic (exact) mass is 472 g/mol. The number of aryl methyl sites for hydroxylation is 2. The van der Waals surface area contributed by atoms with Crippen LogP contribution in [-0.2, 0) is 9.59 Å². The van der Waals surface area contributed by atoms with Crippen molar-refractivity contribution in [3.05, 3.63) is 82.1 Å². The molecule has 3 aliphatic heterocycles. The predicted molar refractivity (Wildman–Crippen MR) is 133 cm³/mol. The smallest absolute Gasteiger partial charge is 0.322 e. The number of carbonyl (C=O) groups excluding carboxylic acids is 3. The molecular formula is C28H32N4O3. The minimum Gasteiger partial charge on any atom is -0.341 e. The van der Waals surface area contributed by atoms with E-state index in [1.54, 1.807) is 9.80 Å². The highest BCUT2D eigenvalue weighted by molar-refractivity contribution is 6.04. The molecule has 3 heterocycles. The molecule has 0 bridgehead atoms. The molecular weight excluding hydrogens is 440 g/mol. The number of nitrogens with zero attached hydrogens (tertiary/aromatic N) is 3. The molecule has 0 saturated carbocycles. The third-order valence-electron chi connectivity index (χ3n) is 7.38. The minimum atomic E-state index is -0.721. The van der Waals surface area contributed by atoms with Crippen molar-refractivity contribution in [3.8, 4) is 0 Å². The van der Waals surface area contributed by atoms with Crippen LogP contribution in [0.3, 0.4) is 0 Å². The first-order chi connectivity index (χ1) is 16.9. The van der Waals surface area contributed by atoms with Gasteiger partial charge in [-0.25, -0.2) is 4.79 Å². The van der Waals surface area contributed by atoms with Crippen LogP contribution < -0.4 is 5.32 Å². The summed E-state index contributed by atoms with van der Waals surface area (Å²) in [6.07, 6.45) is 1.96. The lowest BCUT2D eigenvalue weighted by molar-refractivity contribution is -0.142. The number of likely N-dealkylation sites (N-methyl/N-ethyl adjacent to an activating group) is 1. The third kappa shape index (κ3) is 3.99. The van der Waals surface area contributed by atoms with Crippen molar-refractivity contribution in [2.45, 2.75) is 45.7 Å². The number of rotatable bonds is 5. The van der Waals surface area contributed by atoms with Crippen LogP contribution in [0.4, 0.5) is 4.79 Å². The van der Waals surface area contributed by atoms with Gasteiger partial charge in [0.2, 0.25) is 5.91 Å². The maximum absolute atomic E-state index is 14.1. The number of urea groups is 1. The molecule has 0 unspecified atom stereocenters. The summed E-state index contributed by atoms with van der Waals surface area (Å²) in [5.41, 5.74) is 5.10. The number of nitrogens with one attached hydrogen (secondary N) is 1. The quantitative estimate of drug-likeness (QED) is 0.719. The minimum absolute atomic E-state index is 0.0488. The first-order valence-corrected chi connectivity index (χ1v) is 12.4. The molecule has 5 rings (SSSR count). The van der Waals surface area contributed by atoms with Crippen LogP contribution in [0, 0.1) is 13.8 Å². The molecule has 3 aliphatic rings. The van der Waals surface area contributed by atoms with Gasteiger partial charge < -0.3 is 15.1 Å². The standard InChI is InChI=1S/C28H32N4O3/c1-4-31-22-17-32(25(20-10-6-5-7-11-20)27(34)30-14-8-9-15-30)26(33)23(22)24(29-28(31)35)21-13-12-18(2)16-19(21)3/h5-7,10-13,16,24-25H,4,8-9,14-15,17H2,1-3H3,(H,29,35)/t24-,25+/m1/s1. The average molecular weight is 473 g/mol. The van der Waals surface area contributed by atoms with E-state index in [1.165, 1.54) is 0 Å². The van der Waals surface area contributed by atoms with Crippen LogP contribution in [0.25, 0.3) is 0 Å². The summed E-state index contributed by atoms with van der Waals surface area (Å²) in [6.45, 7) is 8.03. The van der Waals surface area contributed by atoms with E-state index >= 15 is 0 Å². The Labute approximate surface area is 206 Å². The number of benzene rings is 2. The second-order valence-electron chi connectivity index (χ2n) is 9.63. The molecule has 1 N–H and O–H groups in total. The zero-order chi connectivity index (χ0) is 24.7. The van der Waals surface area contributed by atoms with Crippen LogP contribution in [0.2, 0.25) is 0 Å². The van der Waals surface area contributed by atoms with Gasteiger partial charge >= 0.3 is 6.03 Å². The van der Waals surface area contributed by atoms with E-state index in [-0.39, 0.29) is 24.4 Å². The van der Waals surface area contributed by atoms with Gasteiger partial charge in [-0.1, -0.05) is 54.1 Å². The van der Waals surface area contributed by atoms with Gasteiger partial charge in [0.15, 0.2) is 0 Å². The van der Waals surface area contributed by atoms with Crippen molar-refractivity contribution in [1.29, 1.82) is 0 Å². The SMILES string of the molecule is CCN1C(=O)N[C@H](c2ccc(C)cc2C)C2=C1CN([C@H](C(=O)N1CCCC1)c1ccccc1)C2=O. The predicted octanol–water partition coefficient (Wildman–Crippen LogP) is 3.85. The van der Waals surface area contributed by atoms with Crippen molar-refractivity contribution in [1.82, 2.24) is 20.0 Å². The van der Waals surface area contributed by atoms with E-state index in [9.17, 15) is 14.4 Å². The molecule has 7 nitrogen and oxygen atoms in total. The molecule has 182 valence electrons. The summed E-state index contributed by atoms with van der Waals surface area (Å²) < 4.78 is 0. The van der Waals surface area contributed by atoms with E-state index in [0.29, 0.717) is 30.9 Å². The second kappa shape index (κ2) is 9.21. The number of amides is 4. The third-order valence-corrected chi connectivity index (χ3v) is 7.38. The normalized spacial score (nSPS) is 20.9. The van der Waals surface area contributed by atoms with Gasteiger partial charge in [0.1, 0.15) is 6.04 Å². The summed E-state index contributed by atoms with van der Waals surface area (Å²) in [5, 5.41) is 3.07. The van der Waals surface area contributed by atoms with Gasteiger partial charge in [-0.15, -0.1) is 0 Å². The van der Waals surface area contributed by atoms with Gasteiger partial charge in [-0.2, -0.15) is 0 Å². The van der Waals surface area contributed by atoms with E-state index < -0.39 is 12.1 Å². The summed E-state index contributed by atoms with van der Waals surface area (Å²) in [5.74, 6) is -0.239. The van der Waals surface area contributed by atoms with Crippen molar-refractivity contribution >= 4 is 17.8 Å². The Morgan fingerprint density at radius 2 is 1.77 bits per heavy atom. The second-order valence-corrected chi connectivity index (χ2v) is 9.63. The highest BCUT2D eigenvalue weighted by Crippen LogP contribution is 2.41. The van der Waals surface area contributed by atoms with Gasteiger partial charge in [0, 0.05) is 19.6 Å². The molecule has 4 amide bonds. The number of carbonyl (C=O) groups is 3. The highest BCUT2D eigenvalue weighted by Gasteiger charge is 2.48. The Morgan fingerprint density at radius 3 is 2.43 bits per heavy atom. The van der Waals surface area contributed by atoms with E-state index in [0.717, 1.165) is 35.1 Å². The summed E-state index contributed by atoms with van der Waals surface area (Å²) in [7, 11) is 0. The van der Waals surface area contributed by atoms with Crippen LogP contribution >= 0.6 is 0 Å². The Morgan fingerprint density at radius 1 is 1.06 bits per heavy atom. The van der Waals surface area contributed by atoms with Gasteiger partial charge in [-0.3, -0.25) is 14.5 Å². The molecule has 1 fully saturated rings. The van der Waals surface area contributed by atoms with Crippen molar-refractivity contribution in [3.63, 3.8) is 0 Å². The number of hydrogen-bond acceptors (Lipinski definition) is 3. The Bertz CT molecular complexity index is 1200. The molecule has 1 saturated heterocycles. The van der Waals surface area contributed by atoms with Crippen molar-refractivity contribution in [2.75, 3.05) is 26.2 Å². The number of likely N-dealkylation sites (tertiary alicyclic amines) is 1. The molecule has 2 atom stereocenters. The fraction of sp³-hybridized carbons (Fsp3) is 0.393. The fourth-order valence-electron chi connectivity index (χ4n) is 5.64. The van der Waals surface area contributed by atoms with Crippen LogP contribution in [0.5, 0.6) is 0 Å². The van der Waals surface area contributed by atoms with Crippen molar-refractivity contribution in [2.24, 2.45) is 0 Å². The topological polar surface area (TPSA) is 73.0 Å². The van der Waals surface area contributed by atoms with E-state index in [1.807, 2.05) is 68.1 Å². The molecule has 2 aromatic carbocycles. The summed E-state index contributed by atoms with van der Waals surface area (Å²) in [4.78, 5) is 46.2. The van der Waals surface area contributed by atoms with Crippen LogP contribution in [0.1, 0.15) is 54.1 Å². The van der Waals surface area contributed by atoms with Crippen LogP contribution in [0.15, 0.2) is 59.8 Å². The lowest BCUT2D eigenvalue weighted by Crippen LogP contribution is -2.47. The maximum atomic E-state index is 14.1. The van der Waals surface area contributed by atoms with Gasteiger partial charge in [0.05, 0.1) is 23.9 Å². The van der Waals surface area contributed by atoms with Crippen LogP contribution in [-0.4, -0.2) is 58.7 Å². The Balaban J connectivity index is 1.58. The molecule has 7 heteroatoms. The molecule has 0 aromatic heterocycles. The van der Waals surface area contributed by atoms with Gasteiger partial charge in [0.25, 0.3) is 5.91 Å². The molecule has 0 radical (unpaired) electrons. The first kappa shape index (κ1) is 23.1. The van der Waals surface area contributed by atoms with Crippen molar-refractivity contribution < 1.29 is 14.4 Å². The summed E-state index contributed by atoms with van der Waals surface area (Å²) >= 11 is 0. The molecule has 0 aliphatic carbocycles. The van der Waals surface area contributed by atoms with Gasteiger partial charge in [-0.05, 0) is 50.3 Å². The molecule has 35 heavy (non-hydrogen) atoms. The fourth-order valence-corrected chi connectivity index (χ4v) is 5.64. The first-order valence-electron chi connectivity index (χ1n) is 12.4. The van der Waals surface area contributed by atoms with E-state index in [2.05, 4.69) is 11.4 Å². The lowest BCUT2D eigenvalue weighted by atomic mass is 9.91. The van der Waals surface area contributed by atoms with E-state index in [4.69, 9.17) is 0 Å². The Kier molecular flexibility index (Phi) is 6.09. The summed E-state index contributed by atoms with van der Waals surface area (Å²) in [6, 6.07) is 14.1. The molecule has 2 aromatic rings. The lowest BCUT2D eigenvalue weighted by Gasteiger charge is -2.33. The average Bonchev–Trinajstić information content (AvgIpc) is 3.49. The largest absolute Gasteiger partial charge is 0.341 e. The Hall–Kier alpha value is -3.61. The number of hydrogen-bond donors (Lipinski definition) is 1. The molecule has 0 spiro atoms. The maximum Gasteiger partial charge on any atom is 0.322 e. The zero-order valence-electron chi connectivity index (χ0n) is 20.6.